The lowest BCUT2D eigenvalue weighted by Gasteiger charge is -2.05. The van der Waals surface area contributed by atoms with Gasteiger partial charge in [-0.2, -0.15) is 5.10 Å². The minimum Gasteiger partial charge on any atom is -0.507 e. The Morgan fingerprint density at radius 1 is 1.20 bits per heavy atom. The number of aromatic nitrogens is 4. The highest BCUT2D eigenvalue weighted by molar-refractivity contribution is 6.05. The number of aromatic amines is 1. The van der Waals surface area contributed by atoms with Crippen LogP contribution in [0.15, 0.2) is 55.0 Å². The highest BCUT2D eigenvalue weighted by atomic mass is 16.4. The molecule has 8 heteroatoms. The van der Waals surface area contributed by atoms with Crippen molar-refractivity contribution in [3.8, 4) is 0 Å². The van der Waals surface area contributed by atoms with Crippen molar-refractivity contribution >= 4 is 17.5 Å². The second kappa shape index (κ2) is 6.83. The predicted molar refractivity (Wildman–Crippen MR) is 88.3 cm³/mol. The first-order valence-corrected chi connectivity index (χ1v) is 7.32. The third-order valence-electron chi connectivity index (χ3n) is 3.52. The lowest BCUT2D eigenvalue weighted by Crippen LogP contribution is -2.08. The lowest BCUT2D eigenvalue weighted by molar-refractivity contribution is 0.0685. The van der Waals surface area contributed by atoms with Crippen LogP contribution in [-0.2, 0) is 6.54 Å². The molecule has 0 unspecified atom stereocenters. The molecular weight excluding hydrogens is 324 g/mol. The number of hydrogen-bond donors (Lipinski definition) is 3. The molecule has 2 heterocycles. The SMILES string of the molecule is O=C(/C=C(\O)c1cc(C(=O)O)n(Cc2ccccc2)c1)c1ncn[nH]1. The molecule has 0 aliphatic heterocycles. The molecule has 0 saturated heterocycles. The topological polar surface area (TPSA) is 121 Å². The Kier molecular flexibility index (Phi) is 4.42. The van der Waals surface area contributed by atoms with E-state index in [1.165, 1.54) is 23.2 Å². The van der Waals surface area contributed by atoms with Crippen LogP contribution in [0, 0.1) is 0 Å². The third kappa shape index (κ3) is 3.63. The van der Waals surface area contributed by atoms with Gasteiger partial charge in [-0.1, -0.05) is 30.3 Å². The van der Waals surface area contributed by atoms with Gasteiger partial charge in [-0.15, -0.1) is 0 Å². The lowest BCUT2D eigenvalue weighted by atomic mass is 10.2. The van der Waals surface area contributed by atoms with Gasteiger partial charge < -0.3 is 14.8 Å². The quantitative estimate of drug-likeness (QED) is 0.360. The van der Waals surface area contributed by atoms with Gasteiger partial charge in [0.25, 0.3) is 0 Å². The van der Waals surface area contributed by atoms with E-state index in [0.717, 1.165) is 11.6 Å². The second-order valence-electron chi connectivity index (χ2n) is 5.26. The van der Waals surface area contributed by atoms with Crippen molar-refractivity contribution in [2.24, 2.45) is 0 Å². The zero-order chi connectivity index (χ0) is 17.8. The number of carbonyl (C=O) groups is 2. The van der Waals surface area contributed by atoms with Crippen molar-refractivity contribution < 1.29 is 19.8 Å². The van der Waals surface area contributed by atoms with E-state index in [1.807, 2.05) is 30.3 Å². The number of allylic oxidation sites excluding steroid dienone is 1. The van der Waals surface area contributed by atoms with E-state index in [9.17, 15) is 19.8 Å². The van der Waals surface area contributed by atoms with Crippen molar-refractivity contribution in [2.75, 3.05) is 0 Å². The number of benzene rings is 1. The molecule has 3 rings (SSSR count). The van der Waals surface area contributed by atoms with E-state index >= 15 is 0 Å². The first-order chi connectivity index (χ1) is 12.0. The molecule has 0 amide bonds. The molecule has 0 aliphatic rings. The summed E-state index contributed by atoms with van der Waals surface area (Å²) in [6, 6.07) is 10.6. The minimum absolute atomic E-state index is 0.00548. The summed E-state index contributed by atoms with van der Waals surface area (Å²) in [6.45, 7) is 0.325. The Morgan fingerprint density at radius 3 is 2.60 bits per heavy atom. The summed E-state index contributed by atoms with van der Waals surface area (Å²) >= 11 is 0. The molecule has 0 bridgehead atoms. The van der Waals surface area contributed by atoms with Crippen LogP contribution in [0.3, 0.4) is 0 Å². The molecular formula is C17H14N4O4. The first-order valence-electron chi connectivity index (χ1n) is 7.32. The predicted octanol–water partition coefficient (Wildman–Crippen LogP) is 2.13. The van der Waals surface area contributed by atoms with Crippen molar-refractivity contribution in [3.05, 3.63) is 77.6 Å². The number of carboxylic acids is 1. The maximum Gasteiger partial charge on any atom is 0.352 e. The van der Waals surface area contributed by atoms with Crippen LogP contribution >= 0.6 is 0 Å². The zero-order valence-corrected chi connectivity index (χ0v) is 13.0. The Morgan fingerprint density at radius 2 is 1.96 bits per heavy atom. The van der Waals surface area contributed by atoms with Crippen molar-refractivity contribution in [2.45, 2.75) is 6.54 Å². The van der Waals surface area contributed by atoms with E-state index in [4.69, 9.17) is 0 Å². The summed E-state index contributed by atoms with van der Waals surface area (Å²) in [4.78, 5) is 27.1. The number of nitrogens with one attached hydrogen (secondary N) is 1. The molecule has 3 aromatic rings. The Balaban J connectivity index is 1.90. The number of carbonyl (C=O) groups excluding carboxylic acids is 1. The Bertz CT molecular complexity index is 927. The van der Waals surface area contributed by atoms with Crippen LogP contribution in [0.1, 0.15) is 32.2 Å². The third-order valence-corrected chi connectivity index (χ3v) is 3.52. The Hall–Kier alpha value is -3.68. The van der Waals surface area contributed by atoms with Crippen LogP contribution in [-0.4, -0.2) is 41.7 Å². The molecule has 0 spiro atoms. The van der Waals surface area contributed by atoms with Gasteiger partial charge in [-0.05, 0) is 11.6 Å². The van der Waals surface area contributed by atoms with E-state index in [0.29, 0.717) is 6.54 Å². The van der Waals surface area contributed by atoms with Crippen LogP contribution < -0.4 is 0 Å². The largest absolute Gasteiger partial charge is 0.507 e. The number of aliphatic hydroxyl groups is 1. The van der Waals surface area contributed by atoms with Crippen LogP contribution in [0.25, 0.3) is 5.76 Å². The van der Waals surface area contributed by atoms with Crippen LogP contribution in [0.2, 0.25) is 0 Å². The van der Waals surface area contributed by atoms with Gasteiger partial charge in [0.2, 0.25) is 5.78 Å². The van der Waals surface area contributed by atoms with Gasteiger partial charge in [0.05, 0.1) is 0 Å². The molecule has 126 valence electrons. The highest BCUT2D eigenvalue weighted by Crippen LogP contribution is 2.18. The summed E-state index contributed by atoms with van der Waals surface area (Å²) in [5, 5.41) is 25.5. The van der Waals surface area contributed by atoms with Crippen molar-refractivity contribution in [1.82, 2.24) is 19.7 Å². The smallest absolute Gasteiger partial charge is 0.352 e. The van der Waals surface area contributed by atoms with Crippen molar-refractivity contribution in [3.63, 3.8) is 0 Å². The fourth-order valence-electron chi connectivity index (χ4n) is 2.34. The zero-order valence-electron chi connectivity index (χ0n) is 13.0. The fraction of sp³-hybridized carbons (Fsp3) is 0.0588. The number of aliphatic hydroxyl groups excluding tert-OH is 1. The van der Waals surface area contributed by atoms with Gasteiger partial charge in [0.15, 0.2) is 5.82 Å². The number of hydrogen-bond acceptors (Lipinski definition) is 5. The average Bonchev–Trinajstić information content (AvgIpc) is 3.25. The van der Waals surface area contributed by atoms with Gasteiger partial charge in [-0.25, -0.2) is 9.78 Å². The maximum atomic E-state index is 11.9. The molecule has 0 radical (unpaired) electrons. The summed E-state index contributed by atoms with van der Waals surface area (Å²) in [6.07, 6.45) is 3.63. The number of rotatable bonds is 6. The fourth-order valence-corrected chi connectivity index (χ4v) is 2.34. The molecule has 3 N–H and O–H groups in total. The Labute approximate surface area is 142 Å². The number of carboxylic acid groups (broad SMARTS) is 1. The molecule has 0 fully saturated rings. The van der Waals surface area contributed by atoms with E-state index in [1.54, 1.807) is 0 Å². The summed E-state index contributed by atoms with van der Waals surface area (Å²) in [7, 11) is 0. The molecule has 8 nitrogen and oxygen atoms in total. The number of aromatic carboxylic acids is 1. The molecule has 25 heavy (non-hydrogen) atoms. The minimum atomic E-state index is -1.13. The first kappa shape index (κ1) is 16.2. The number of nitrogens with zero attached hydrogens (tertiary/aromatic N) is 3. The van der Waals surface area contributed by atoms with Gasteiger partial charge >= 0.3 is 5.97 Å². The standard InChI is InChI=1S/C17H14N4O4/c22-14(7-15(23)16-18-10-19-20-16)12-6-13(17(24)25)21(9-12)8-11-4-2-1-3-5-11/h1-7,9-10,22H,8H2,(H,24,25)(H,18,19,20)/b14-7-. The molecule has 0 atom stereocenters. The highest BCUT2D eigenvalue weighted by Gasteiger charge is 2.16. The summed E-state index contributed by atoms with van der Waals surface area (Å²) in [5.41, 5.74) is 1.14. The normalized spacial score (nSPS) is 11.4. The molecule has 0 saturated carbocycles. The van der Waals surface area contributed by atoms with Gasteiger partial charge in [0.1, 0.15) is 17.8 Å². The number of H-pyrrole nitrogens is 1. The van der Waals surface area contributed by atoms with E-state index < -0.39 is 11.8 Å². The van der Waals surface area contributed by atoms with Crippen LogP contribution in [0.4, 0.5) is 0 Å². The van der Waals surface area contributed by atoms with E-state index in [-0.39, 0.29) is 22.8 Å². The second-order valence-corrected chi connectivity index (χ2v) is 5.26. The van der Waals surface area contributed by atoms with Gasteiger partial charge in [0, 0.05) is 24.4 Å². The van der Waals surface area contributed by atoms with Crippen LogP contribution in [0.5, 0.6) is 0 Å². The molecule has 0 aliphatic carbocycles. The summed E-state index contributed by atoms with van der Waals surface area (Å²) in [5.74, 6) is -2.07. The summed E-state index contributed by atoms with van der Waals surface area (Å²) < 4.78 is 1.50. The number of ketones is 1. The molecule has 1 aromatic carbocycles. The van der Waals surface area contributed by atoms with E-state index in [2.05, 4.69) is 15.2 Å². The van der Waals surface area contributed by atoms with Gasteiger partial charge in [-0.3, -0.25) is 9.89 Å². The van der Waals surface area contributed by atoms with Crippen molar-refractivity contribution in [1.29, 1.82) is 0 Å². The molecule has 2 aromatic heterocycles. The average molecular weight is 338 g/mol. The monoisotopic (exact) mass is 338 g/mol. The maximum absolute atomic E-state index is 11.9.